The van der Waals surface area contributed by atoms with Crippen LogP contribution in [0, 0.1) is 0 Å². The van der Waals surface area contributed by atoms with Crippen molar-refractivity contribution in [3.63, 3.8) is 0 Å². The largest absolute Gasteiger partial charge is 0.448 e. The van der Waals surface area contributed by atoms with E-state index < -0.39 is 228 Å². The second-order valence-electron chi connectivity index (χ2n) is 36.5. The Morgan fingerprint density at radius 3 is 1.02 bits per heavy atom. The smallest absolute Gasteiger partial charge is 0.417 e. The molecule has 0 spiro atoms. The summed E-state index contributed by atoms with van der Waals surface area (Å²) in [5.74, 6) is -14.8. The molecule has 33 nitrogen and oxygen atoms in total. The Balaban J connectivity index is 0.902. The summed E-state index contributed by atoms with van der Waals surface area (Å²) in [6.45, 7) is 16.1. The van der Waals surface area contributed by atoms with E-state index in [1.165, 1.54) is 90.0 Å². The Bertz CT molecular complexity index is 6390. The van der Waals surface area contributed by atoms with E-state index in [1.807, 2.05) is 97.1 Å². The minimum absolute atomic E-state index is 0.392. The fourth-order valence-electron chi connectivity index (χ4n) is 17.1. The molecule has 1 aromatic heterocycles. The van der Waals surface area contributed by atoms with Crippen molar-refractivity contribution in [2.75, 3.05) is 25.5 Å². The second kappa shape index (κ2) is 46.2. The third-order valence-electron chi connectivity index (χ3n) is 25.1. The molecule has 0 radical (unpaired) electrons. The van der Waals surface area contributed by atoms with E-state index in [0.717, 1.165) is 44.5 Å². The highest BCUT2D eigenvalue weighted by atomic mass is 32.4. The van der Waals surface area contributed by atoms with Crippen molar-refractivity contribution >= 4 is 163 Å². The molecule has 142 heavy (non-hydrogen) atoms. The molecule has 14 N–H and O–H groups in total. The third-order valence-corrected chi connectivity index (χ3v) is 34.8. The van der Waals surface area contributed by atoms with Crippen LogP contribution in [0.5, 0.6) is 0 Å². The molecule has 10 aromatic rings. The molecule has 0 saturated carbocycles. The summed E-state index contributed by atoms with van der Waals surface area (Å²) in [7, 11) is 0. The van der Waals surface area contributed by atoms with E-state index in [2.05, 4.69) is 63.5 Å². The number of imide groups is 2. The molecule has 9 aromatic carbocycles. The lowest BCUT2D eigenvalue weighted by atomic mass is 9.98. The van der Waals surface area contributed by atoms with Crippen LogP contribution in [0.3, 0.4) is 0 Å². The quantitative estimate of drug-likeness (QED) is 0.0171. The van der Waals surface area contributed by atoms with E-state index in [9.17, 15) is 38.4 Å². The predicted octanol–water partition coefficient (Wildman–Crippen LogP) is 7.08. The molecule has 1 heterocycles. The maximum absolute atomic E-state index is 16.8. The van der Waals surface area contributed by atoms with E-state index in [0.29, 0.717) is 47.5 Å². The lowest BCUT2D eigenvalue weighted by molar-refractivity contribution is -0.142. The van der Waals surface area contributed by atoms with Gasteiger partial charge in [-0.25, -0.2) is 19.4 Å². The van der Waals surface area contributed by atoms with Gasteiger partial charge in [-0.1, -0.05) is 260 Å². The Hall–Kier alpha value is -14.7. The summed E-state index contributed by atoms with van der Waals surface area (Å²) in [6.07, 6.45) is -2.67. The number of nitrogens with zero attached hydrogens (tertiary/aromatic N) is 2. The number of primary amides is 1. The number of ether oxygens (including phenoxy) is 2. The van der Waals surface area contributed by atoms with Crippen LogP contribution in [-0.4, -0.2) is 213 Å². The number of amides is 16. The molecule has 37 heteroatoms. The number of para-hydroxylation sites is 1. The first kappa shape index (κ1) is 106. The molecule has 16 amide bonds. The molecule has 742 valence electrons. The Labute approximate surface area is 833 Å². The van der Waals surface area contributed by atoms with Crippen molar-refractivity contribution < 1.29 is 86.2 Å². The lowest BCUT2D eigenvalue weighted by Gasteiger charge is -2.36. The first-order valence-corrected chi connectivity index (χ1v) is 52.4. The van der Waals surface area contributed by atoms with Gasteiger partial charge in [-0.15, -0.1) is 0 Å². The van der Waals surface area contributed by atoms with Gasteiger partial charge in [-0.3, -0.25) is 67.1 Å². The molecular formula is C105H117N15O18P2S2. The number of H-pyrrole nitrogens is 1. The van der Waals surface area contributed by atoms with Crippen LogP contribution in [0.2, 0.25) is 0 Å². The molecule has 0 saturated heterocycles. The zero-order valence-electron chi connectivity index (χ0n) is 80.7. The number of hydrogen-bond donors (Lipinski definition) is 13. The number of carbonyl (C=O) groups excluding carboxylic acids is 16. The maximum atomic E-state index is 16.8. The van der Waals surface area contributed by atoms with E-state index in [-0.39, 0.29) is 0 Å². The molecule has 2 aliphatic carbocycles. The Kier molecular flexibility index (Phi) is 34.5. The van der Waals surface area contributed by atoms with Crippen LogP contribution in [-0.2, 0) is 107 Å². The van der Waals surface area contributed by atoms with Crippen LogP contribution in [0.4, 0.5) is 9.59 Å². The van der Waals surface area contributed by atoms with Crippen molar-refractivity contribution in [2.24, 2.45) is 5.73 Å². The lowest BCUT2D eigenvalue weighted by Crippen LogP contribution is -2.64. The Morgan fingerprint density at radius 2 is 0.655 bits per heavy atom. The molecule has 0 fully saturated rings. The monoisotopic (exact) mass is 2000 g/mol. The minimum Gasteiger partial charge on any atom is -0.448 e. The van der Waals surface area contributed by atoms with Crippen LogP contribution in [0.1, 0.15) is 130 Å². The molecule has 0 aliphatic heterocycles. The topological polar surface area (TPSA) is 472 Å². The van der Waals surface area contributed by atoms with Crippen molar-refractivity contribution in [3.05, 3.63) is 277 Å². The van der Waals surface area contributed by atoms with Gasteiger partial charge >= 0.3 is 12.2 Å². The fraction of sp³-hybridized carbons (Fsp3) is 0.314. The first-order valence-electron chi connectivity index (χ1n) is 46.4. The van der Waals surface area contributed by atoms with Crippen molar-refractivity contribution in [2.45, 2.75) is 186 Å². The number of nitrogens with one attached hydrogen (secondary N) is 12. The third kappa shape index (κ3) is 24.8. The summed E-state index contributed by atoms with van der Waals surface area (Å²) in [4.78, 5) is 241. The van der Waals surface area contributed by atoms with Crippen LogP contribution >= 0.6 is 12.1 Å². The zero-order chi connectivity index (χ0) is 103. The second-order valence-corrected chi connectivity index (χ2v) is 46.0. The van der Waals surface area contributed by atoms with Crippen molar-refractivity contribution in [1.82, 2.24) is 73.3 Å². The molecule has 11 atom stereocenters. The minimum atomic E-state index is -3.58. The van der Waals surface area contributed by atoms with E-state index in [4.69, 9.17) is 38.8 Å². The number of carbonyl (C=O) groups is 16. The number of benzene rings is 9. The van der Waals surface area contributed by atoms with Gasteiger partial charge < -0.3 is 78.7 Å². The number of nitrogens with two attached hydrogens (primary N) is 1. The van der Waals surface area contributed by atoms with Gasteiger partial charge in [0.25, 0.3) is 11.8 Å². The highest BCUT2D eigenvalue weighted by Crippen LogP contribution is 2.50. The van der Waals surface area contributed by atoms with E-state index in [1.54, 1.807) is 152 Å². The van der Waals surface area contributed by atoms with Gasteiger partial charge in [-0.05, 0) is 160 Å². The fourth-order valence-corrected chi connectivity index (χ4v) is 25.1. The SMILES string of the molecule is CC(=O)N[C@@H](C)C(=O)N[C@@H](C)C(=O)NC(C)(C)C(=O)N[C@@H](C)C(=O)N(C(=O)OCC1c2ccccc2-c2ccccc21)[C@H](CP(=S)(c1ccccc1)c1ccccc1)C(=O)N[C@@H](Cc1c[nH]c2ccccc12)C(=O)N[C@@H](C)C(=O)N[C@@H](C)C(=O)N(C(=O)OCC1c2ccccc2-c2ccccc21)[C@@H](CP(=S)(c1ccccc1)c1ccccc1)C(=O)N[C@@H](C)C(=O)N[C@@H](C)C(=O)NC(C)(C)C(=O)N[C@@H](C)C(N)=O. The summed E-state index contributed by atoms with van der Waals surface area (Å²) in [5, 5.41) is 31.2. The predicted molar refractivity (Wildman–Crippen MR) is 548 cm³/mol. The highest BCUT2D eigenvalue weighted by molar-refractivity contribution is 8.22. The summed E-state index contributed by atoms with van der Waals surface area (Å²) in [6, 6.07) is 46.8. The molecule has 0 bridgehead atoms. The number of fused-ring (bicyclic) bond motifs is 7. The number of aromatic nitrogens is 1. The van der Waals surface area contributed by atoms with Gasteiger partial charge in [0.15, 0.2) is 0 Å². The normalized spacial score (nSPS) is 14.5. The van der Waals surface area contributed by atoms with Gasteiger partial charge in [0.2, 0.25) is 70.9 Å². The van der Waals surface area contributed by atoms with Crippen molar-refractivity contribution in [3.8, 4) is 22.3 Å². The Morgan fingerprint density at radius 1 is 0.359 bits per heavy atom. The van der Waals surface area contributed by atoms with Crippen LogP contribution in [0.15, 0.2) is 249 Å². The maximum Gasteiger partial charge on any atom is 0.417 e. The van der Waals surface area contributed by atoms with Crippen molar-refractivity contribution in [1.29, 1.82) is 0 Å². The summed E-state index contributed by atoms with van der Waals surface area (Å²) >= 11 is 13.7. The first-order chi connectivity index (χ1) is 67.4. The average Bonchev–Trinajstić information content (AvgIpc) is 1.53. The van der Waals surface area contributed by atoms with Gasteiger partial charge in [0.1, 0.15) is 90.8 Å². The van der Waals surface area contributed by atoms with Crippen LogP contribution < -0.4 is 85.4 Å². The van der Waals surface area contributed by atoms with Gasteiger partial charge in [0.05, 0.1) is 0 Å². The number of aromatic amines is 1. The highest BCUT2D eigenvalue weighted by Gasteiger charge is 2.49. The molecular weight excluding hydrogens is 1890 g/mol. The molecule has 12 rings (SSSR count). The summed E-state index contributed by atoms with van der Waals surface area (Å²) in [5.41, 5.74) is 9.30. The standard InChI is InChI=1S/C105H117N15O18P2S2/c1-60(89(106)122)114-100(133)104(10,11)117-94(127)65(6)110-91(124)63(4)112-96(129)87(58-139(141,70-36-18-14-19-37-70)71-38-20-15-21-39-71)119(102(135)137-56-83-79-49-30-26-45-75(79)76-46-27-31-50-80(76)83)98(131)66(7)113-92(125)62(3)111-95(128)86(54-69-55-107-85-53-35-34-44-74(69)85)116-97(130)88(59-140(142,72-40-22-16-23-41-72)73-42-24-17-25-43-73)120(103(136)138-57-84-81-51-32-28-47-77(81)78-48-29-33-52-82(78)84)99(132)67(8)115-101(134)105(12,13)118-93(126)64(5)109-90(123)61(2)108-68(9)121/h14-53,55,60-67,83-84,86-88,107H,54,56-59H2,1-13H3,(H2,106,122)(H,108,121)(H,109,123)(H,110,124)(H,111,128)(H,112,129)(H,113,125)(H,114,133)(H,115,134)(H,116,130)(H,117,127)(H,118,126)/t60-,61-,62-,63-,64-,65-,66-,67-,86-,87-,88+/m0/s1. The van der Waals surface area contributed by atoms with Crippen LogP contribution in [0.25, 0.3) is 33.2 Å². The van der Waals surface area contributed by atoms with Gasteiger partial charge in [-0.2, -0.15) is 0 Å². The molecule has 2 aliphatic rings. The number of hydrogen-bond acceptors (Lipinski definition) is 20. The zero-order valence-corrected chi connectivity index (χ0v) is 84.2. The number of rotatable bonds is 40. The average molecular weight is 2000 g/mol. The summed E-state index contributed by atoms with van der Waals surface area (Å²) < 4.78 is 12.7. The molecule has 0 unspecified atom stereocenters. The van der Waals surface area contributed by atoms with Gasteiger partial charge in [0, 0.05) is 66.7 Å². The van der Waals surface area contributed by atoms with E-state index >= 15 is 38.4 Å².